The Labute approximate surface area is 223 Å². The zero-order chi connectivity index (χ0) is 27.5. The van der Waals surface area contributed by atoms with Gasteiger partial charge in [-0.25, -0.2) is 9.59 Å². The zero-order valence-corrected chi connectivity index (χ0v) is 21.9. The number of esters is 2. The number of rotatable bonds is 13. The largest absolute Gasteiger partial charge is 0.467 e. The second kappa shape index (κ2) is 14.3. The number of ether oxygens (including phenoxy) is 3. The first kappa shape index (κ1) is 28.8. The monoisotopic (exact) mass is 521 g/mol. The molecule has 8 heteroatoms. The number of hydrogen-bond acceptors (Lipinski definition) is 8. The van der Waals surface area contributed by atoms with Gasteiger partial charge in [0.2, 0.25) is 0 Å². The van der Waals surface area contributed by atoms with Crippen LogP contribution in [0.3, 0.4) is 0 Å². The van der Waals surface area contributed by atoms with E-state index >= 15 is 0 Å². The molecule has 0 aromatic heterocycles. The minimum Gasteiger partial charge on any atom is -0.467 e. The van der Waals surface area contributed by atoms with Crippen LogP contribution in [0.1, 0.15) is 35.8 Å². The summed E-state index contributed by atoms with van der Waals surface area (Å²) < 4.78 is 14.8. The van der Waals surface area contributed by atoms with Crippen LogP contribution in [0.25, 0.3) is 0 Å². The second-order valence-corrected chi connectivity index (χ2v) is 9.05. The van der Waals surface area contributed by atoms with Gasteiger partial charge in [-0.05, 0) is 42.2 Å². The highest BCUT2D eigenvalue weighted by molar-refractivity contribution is 5.98. The number of aliphatic hydroxyl groups is 2. The van der Waals surface area contributed by atoms with Gasteiger partial charge in [0, 0.05) is 19.1 Å². The average molecular weight is 522 g/mol. The Hall–Kier alpha value is -3.72. The predicted octanol–water partition coefficient (Wildman–Crippen LogP) is 3.48. The Balaban J connectivity index is 1.72. The molecule has 2 N–H and O–H groups in total. The van der Waals surface area contributed by atoms with Crippen molar-refractivity contribution in [2.45, 2.75) is 37.7 Å². The predicted molar refractivity (Wildman–Crippen MR) is 142 cm³/mol. The lowest BCUT2D eigenvalue weighted by atomic mass is 10.0. The third kappa shape index (κ3) is 8.14. The summed E-state index contributed by atoms with van der Waals surface area (Å²) in [6, 6.07) is 25.9. The van der Waals surface area contributed by atoms with Gasteiger partial charge in [0.15, 0.2) is 0 Å². The highest BCUT2D eigenvalue weighted by Gasteiger charge is 2.31. The van der Waals surface area contributed by atoms with Crippen LogP contribution in [0.15, 0.2) is 84.9 Å². The molecule has 8 nitrogen and oxygen atoms in total. The van der Waals surface area contributed by atoms with Gasteiger partial charge in [0.05, 0.1) is 26.4 Å². The van der Waals surface area contributed by atoms with Crippen LogP contribution in [0.2, 0.25) is 0 Å². The lowest BCUT2D eigenvalue weighted by Gasteiger charge is -2.33. The van der Waals surface area contributed by atoms with Crippen molar-refractivity contribution in [1.29, 1.82) is 0 Å². The van der Waals surface area contributed by atoms with E-state index in [-0.39, 0.29) is 6.04 Å². The summed E-state index contributed by atoms with van der Waals surface area (Å²) in [6.07, 6.45) is -2.32. The fourth-order valence-electron chi connectivity index (χ4n) is 4.16. The van der Waals surface area contributed by atoms with Gasteiger partial charge < -0.3 is 24.4 Å². The van der Waals surface area contributed by atoms with Crippen molar-refractivity contribution in [1.82, 2.24) is 4.90 Å². The van der Waals surface area contributed by atoms with E-state index in [0.717, 1.165) is 16.7 Å². The molecule has 0 radical (unpaired) electrons. The Morgan fingerprint density at radius 2 is 1.18 bits per heavy atom. The molecular formula is C30H35NO7. The van der Waals surface area contributed by atoms with Crippen LogP contribution in [0.5, 0.6) is 5.75 Å². The smallest absolute Gasteiger partial charge is 0.359 e. The normalized spacial score (nSPS) is 13.6. The van der Waals surface area contributed by atoms with E-state index in [1.807, 2.05) is 79.7 Å². The minimum absolute atomic E-state index is 0.0311. The maximum atomic E-state index is 11.9. The molecule has 0 aliphatic carbocycles. The van der Waals surface area contributed by atoms with Gasteiger partial charge in [0.1, 0.15) is 5.75 Å². The van der Waals surface area contributed by atoms with Gasteiger partial charge in [-0.3, -0.25) is 4.90 Å². The summed E-state index contributed by atoms with van der Waals surface area (Å²) in [5.41, 5.74) is 2.60. The van der Waals surface area contributed by atoms with Gasteiger partial charge in [-0.2, -0.15) is 0 Å². The lowest BCUT2D eigenvalue weighted by molar-refractivity contribution is -0.163. The molecule has 0 spiro atoms. The molecule has 38 heavy (non-hydrogen) atoms. The van der Waals surface area contributed by atoms with E-state index in [1.54, 1.807) is 12.1 Å². The minimum atomic E-state index is -1.51. The number of benzene rings is 3. The number of aliphatic hydroxyl groups excluding tert-OH is 2. The molecule has 0 saturated heterocycles. The van der Waals surface area contributed by atoms with Crippen LogP contribution in [-0.2, 0) is 25.5 Å². The summed E-state index contributed by atoms with van der Waals surface area (Å²) in [6.45, 7) is 2.73. The van der Waals surface area contributed by atoms with Crippen LogP contribution in [-0.4, -0.2) is 66.5 Å². The Morgan fingerprint density at radius 1 is 0.737 bits per heavy atom. The van der Waals surface area contributed by atoms with E-state index < -0.39 is 30.3 Å². The van der Waals surface area contributed by atoms with E-state index in [9.17, 15) is 19.8 Å². The maximum absolute atomic E-state index is 11.9. The summed E-state index contributed by atoms with van der Waals surface area (Å²) in [4.78, 5) is 25.9. The topological polar surface area (TPSA) is 106 Å². The maximum Gasteiger partial charge on any atom is 0.359 e. The molecule has 3 unspecified atom stereocenters. The number of hydrogen-bond donors (Lipinski definition) is 2. The Morgan fingerprint density at radius 3 is 1.61 bits per heavy atom. The zero-order valence-electron chi connectivity index (χ0n) is 21.9. The number of carbonyl (C=O) groups excluding carboxylic acids is 2. The summed E-state index contributed by atoms with van der Waals surface area (Å²) in [5, 5.41) is 21.8. The van der Waals surface area contributed by atoms with Crippen LogP contribution in [0.4, 0.5) is 0 Å². The molecule has 202 valence electrons. The molecule has 3 aromatic carbocycles. The molecule has 0 saturated carbocycles. The molecule has 3 atom stereocenters. The van der Waals surface area contributed by atoms with E-state index in [4.69, 9.17) is 4.74 Å². The first-order valence-corrected chi connectivity index (χ1v) is 12.4. The standard InChI is InChI=1S/C30H35NO7/c1-21(18-22-14-16-25(17-15-22)38-28(29(34)36-2)30(35)37-3)31(19-26(32)23-10-6-4-7-11-23)20-27(33)24-12-8-5-9-13-24/h4-17,21,26-28,32-33H,18-20H2,1-3H3. The van der Waals surface area contributed by atoms with Crippen molar-refractivity contribution in [3.05, 3.63) is 102 Å². The van der Waals surface area contributed by atoms with Crippen molar-refractivity contribution in [2.24, 2.45) is 0 Å². The first-order chi connectivity index (χ1) is 18.3. The van der Waals surface area contributed by atoms with Gasteiger partial charge in [-0.1, -0.05) is 72.8 Å². The van der Waals surface area contributed by atoms with Crippen LogP contribution < -0.4 is 4.74 Å². The molecule has 0 bridgehead atoms. The molecular weight excluding hydrogens is 486 g/mol. The average Bonchev–Trinajstić information content (AvgIpc) is 2.96. The fourth-order valence-corrected chi connectivity index (χ4v) is 4.16. The van der Waals surface area contributed by atoms with E-state index in [1.165, 1.54) is 14.2 Å². The molecule has 3 aromatic rings. The number of methoxy groups -OCH3 is 2. The van der Waals surface area contributed by atoms with Crippen LogP contribution >= 0.6 is 0 Å². The van der Waals surface area contributed by atoms with Crippen molar-refractivity contribution < 1.29 is 34.0 Å². The molecule has 0 amide bonds. The highest BCUT2D eigenvalue weighted by Crippen LogP contribution is 2.22. The van der Waals surface area contributed by atoms with Crippen molar-refractivity contribution in [2.75, 3.05) is 27.3 Å². The summed E-state index contributed by atoms with van der Waals surface area (Å²) in [5.74, 6) is -1.38. The third-order valence-corrected chi connectivity index (χ3v) is 6.35. The Kier molecular flexibility index (Phi) is 10.8. The highest BCUT2D eigenvalue weighted by atomic mass is 16.6. The number of carbonyl (C=O) groups is 2. The van der Waals surface area contributed by atoms with E-state index in [0.29, 0.717) is 25.3 Å². The molecule has 0 aliphatic rings. The van der Waals surface area contributed by atoms with Crippen molar-refractivity contribution >= 4 is 11.9 Å². The molecule has 0 heterocycles. The fraction of sp³-hybridized carbons (Fsp3) is 0.333. The third-order valence-electron chi connectivity index (χ3n) is 6.35. The quantitative estimate of drug-likeness (QED) is 0.260. The van der Waals surface area contributed by atoms with Gasteiger partial charge >= 0.3 is 11.9 Å². The lowest BCUT2D eigenvalue weighted by Crippen LogP contribution is -2.40. The summed E-state index contributed by atoms with van der Waals surface area (Å²) >= 11 is 0. The van der Waals surface area contributed by atoms with E-state index in [2.05, 4.69) is 14.4 Å². The van der Waals surface area contributed by atoms with Gasteiger partial charge in [-0.15, -0.1) is 0 Å². The summed E-state index contributed by atoms with van der Waals surface area (Å²) in [7, 11) is 2.34. The molecule has 3 rings (SSSR count). The Bertz CT molecular complexity index is 1070. The molecule has 0 aliphatic heterocycles. The number of nitrogens with zero attached hydrogens (tertiary/aromatic N) is 1. The first-order valence-electron chi connectivity index (χ1n) is 12.4. The van der Waals surface area contributed by atoms with Gasteiger partial charge in [0.25, 0.3) is 6.10 Å². The van der Waals surface area contributed by atoms with Crippen LogP contribution in [0, 0.1) is 0 Å². The second-order valence-electron chi connectivity index (χ2n) is 9.05. The van der Waals surface area contributed by atoms with Crippen molar-refractivity contribution in [3.63, 3.8) is 0 Å². The van der Waals surface area contributed by atoms with Crippen molar-refractivity contribution in [3.8, 4) is 5.75 Å². The SMILES string of the molecule is COC(=O)C(Oc1ccc(CC(C)N(CC(O)c2ccccc2)CC(O)c2ccccc2)cc1)C(=O)OC. The molecule has 0 fully saturated rings.